The first-order chi connectivity index (χ1) is 13.5. The third-order valence-electron chi connectivity index (χ3n) is 3.17. The molecule has 0 radical (unpaired) electrons. The van der Waals surface area contributed by atoms with E-state index in [1.54, 1.807) is 67.8 Å². The smallest absolute Gasteiger partial charge is 0.340 e. The highest BCUT2D eigenvalue weighted by Gasteiger charge is 2.31. The van der Waals surface area contributed by atoms with Gasteiger partial charge in [-0.2, -0.15) is 0 Å². The average molecular weight is 750 g/mol. The van der Waals surface area contributed by atoms with Crippen LogP contribution in [0.1, 0.15) is 27.6 Å². The Kier molecular flexibility index (Phi) is 11.5. The Labute approximate surface area is 206 Å². The van der Waals surface area contributed by atoms with Gasteiger partial charge in [-0.15, -0.1) is 0 Å². The Morgan fingerprint density at radius 3 is 1.52 bits per heavy atom. The van der Waals surface area contributed by atoms with Gasteiger partial charge in [0.05, 0.1) is 31.5 Å². The number of benzene rings is 1. The molecule has 29 heavy (non-hydrogen) atoms. The van der Waals surface area contributed by atoms with Crippen LogP contribution in [0.4, 0.5) is 0 Å². The van der Waals surface area contributed by atoms with E-state index in [1.165, 1.54) is 0 Å². The normalized spacial score (nSPS) is 12.8. The van der Waals surface area contributed by atoms with E-state index in [1.807, 2.05) is 0 Å². The van der Waals surface area contributed by atoms with Crippen molar-refractivity contribution in [1.82, 2.24) is 0 Å². The van der Waals surface area contributed by atoms with Crippen molar-refractivity contribution in [3.63, 3.8) is 0 Å². The van der Waals surface area contributed by atoms with Gasteiger partial charge in [0, 0.05) is 10.5 Å². The first kappa shape index (κ1) is 26.7. The molecule has 0 aliphatic carbocycles. The van der Waals surface area contributed by atoms with Crippen LogP contribution in [0.3, 0.4) is 0 Å². The topological polar surface area (TPSA) is 160 Å². The van der Waals surface area contributed by atoms with Gasteiger partial charge >= 0.3 is 17.9 Å². The van der Waals surface area contributed by atoms with Crippen LogP contribution >= 0.6 is 67.8 Å². The molecule has 1 rings (SSSR count). The maximum absolute atomic E-state index is 12.6. The van der Waals surface area contributed by atoms with E-state index >= 15 is 0 Å². The van der Waals surface area contributed by atoms with Crippen LogP contribution in [0, 0.1) is 10.7 Å². The molecule has 0 heterocycles. The van der Waals surface area contributed by atoms with Crippen molar-refractivity contribution in [2.24, 2.45) is 0 Å². The van der Waals surface area contributed by atoms with Crippen LogP contribution in [0.25, 0.3) is 0 Å². The van der Waals surface area contributed by atoms with Crippen LogP contribution in [0.5, 0.6) is 5.75 Å². The molecule has 0 aromatic heterocycles. The number of aliphatic hydroxyl groups is 4. The Bertz CT molecular complexity index is 730. The first-order valence-corrected chi connectivity index (χ1v) is 11.1. The fourth-order valence-corrected chi connectivity index (χ4v) is 6.09. The van der Waals surface area contributed by atoms with E-state index in [9.17, 15) is 24.6 Å². The molecule has 0 saturated carbocycles. The van der Waals surface area contributed by atoms with Crippen LogP contribution in [-0.4, -0.2) is 77.0 Å². The minimum Gasteiger partial charge on any atom is -0.459 e. The summed E-state index contributed by atoms with van der Waals surface area (Å²) < 4.78 is 15.6. The number of carbonyl (C=O) groups is 3. The third kappa shape index (κ3) is 7.39. The van der Waals surface area contributed by atoms with Gasteiger partial charge < -0.3 is 34.6 Å². The molecule has 0 unspecified atom stereocenters. The van der Waals surface area contributed by atoms with E-state index in [0.29, 0.717) is 0 Å². The van der Waals surface area contributed by atoms with Crippen LogP contribution in [0.15, 0.2) is 0 Å². The lowest BCUT2D eigenvalue weighted by Gasteiger charge is -2.18. The molecule has 13 heteroatoms. The molecule has 162 valence electrons. The number of aliphatic hydroxyl groups excluding tert-OH is 4. The summed E-state index contributed by atoms with van der Waals surface area (Å²) in [5, 5.41) is 36.4. The summed E-state index contributed by atoms with van der Waals surface area (Å²) >= 11 is 5.25. The van der Waals surface area contributed by atoms with Crippen molar-refractivity contribution in [3.05, 3.63) is 21.8 Å². The van der Waals surface area contributed by atoms with Crippen molar-refractivity contribution in [2.75, 3.05) is 26.4 Å². The zero-order valence-electron chi connectivity index (χ0n) is 14.9. The number of carbonyl (C=O) groups excluding carboxylic acids is 3. The summed E-state index contributed by atoms with van der Waals surface area (Å²) in [6.07, 6.45) is -2.56. The highest BCUT2D eigenvalue weighted by atomic mass is 127. The van der Waals surface area contributed by atoms with E-state index in [-0.39, 0.29) is 27.6 Å². The quantitative estimate of drug-likeness (QED) is 0.159. The van der Waals surface area contributed by atoms with Crippen molar-refractivity contribution < 1.29 is 49.0 Å². The minimum absolute atomic E-state index is 0.0524. The van der Waals surface area contributed by atoms with Crippen LogP contribution in [0.2, 0.25) is 0 Å². The molecule has 0 saturated heterocycles. The third-order valence-corrected chi connectivity index (χ3v) is 6.30. The predicted molar refractivity (Wildman–Crippen MR) is 123 cm³/mol. The lowest BCUT2D eigenvalue weighted by Crippen LogP contribution is -2.25. The summed E-state index contributed by atoms with van der Waals surface area (Å²) in [6.45, 7) is -1.05. The van der Waals surface area contributed by atoms with Crippen LogP contribution < -0.4 is 4.74 Å². The predicted octanol–water partition coefficient (Wildman–Crippen LogP) is 0.446. The molecule has 10 nitrogen and oxygen atoms in total. The van der Waals surface area contributed by atoms with E-state index in [4.69, 9.17) is 24.4 Å². The van der Waals surface area contributed by atoms with Gasteiger partial charge in [0.1, 0.15) is 25.4 Å². The van der Waals surface area contributed by atoms with E-state index < -0.39 is 56.5 Å². The molecule has 0 aliphatic heterocycles. The molecule has 0 spiro atoms. The highest BCUT2D eigenvalue weighted by Crippen LogP contribution is 2.38. The lowest BCUT2D eigenvalue weighted by molar-refractivity contribution is -0.132. The second kappa shape index (κ2) is 12.5. The average Bonchev–Trinajstić information content (AvgIpc) is 2.67. The van der Waals surface area contributed by atoms with Crippen molar-refractivity contribution in [2.45, 2.75) is 19.1 Å². The molecule has 1 aromatic carbocycles. The number of rotatable bonds is 9. The fraction of sp³-hybridized carbons (Fsp3) is 0.438. The first-order valence-electron chi connectivity index (χ1n) is 7.86. The summed E-state index contributed by atoms with van der Waals surface area (Å²) in [4.78, 5) is 36.6. The van der Waals surface area contributed by atoms with Gasteiger partial charge in [-0.05, 0) is 67.8 Å². The van der Waals surface area contributed by atoms with Crippen molar-refractivity contribution >= 4 is 85.7 Å². The van der Waals surface area contributed by atoms with Gasteiger partial charge in [-0.1, -0.05) is 0 Å². The monoisotopic (exact) mass is 750 g/mol. The molecule has 0 amide bonds. The summed E-state index contributed by atoms with van der Waals surface area (Å²) in [5.41, 5.74) is -0.190. The number of hydrogen-bond donors (Lipinski definition) is 4. The Balaban J connectivity index is 3.45. The molecule has 0 bridgehead atoms. The Hall–Kier alpha value is -0.340. The number of esters is 3. The Morgan fingerprint density at radius 1 is 0.828 bits per heavy atom. The zero-order valence-corrected chi connectivity index (χ0v) is 21.3. The molecule has 0 fully saturated rings. The molecular weight excluding hydrogens is 733 g/mol. The zero-order chi connectivity index (χ0) is 22.3. The number of hydrogen-bond acceptors (Lipinski definition) is 10. The van der Waals surface area contributed by atoms with Gasteiger partial charge in [-0.25, -0.2) is 9.59 Å². The molecule has 4 N–H and O–H groups in total. The second-order valence-corrected chi connectivity index (χ2v) is 8.72. The second-order valence-electron chi connectivity index (χ2n) is 5.48. The van der Waals surface area contributed by atoms with Gasteiger partial charge in [-0.3, -0.25) is 4.79 Å². The Morgan fingerprint density at radius 2 is 1.21 bits per heavy atom. The summed E-state index contributed by atoms with van der Waals surface area (Å²) in [6, 6.07) is 0. The molecule has 0 aliphatic rings. The van der Waals surface area contributed by atoms with Gasteiger partial charge in [0.25, 0.3) is 0 Å². The number of ether oxygens (including phenoxy) is 3. The minimum atomic E-state index is -1.28. The highest BCUT2D eigenvalue weighted by molar-refractivity contribution is 14.1. The standard InChI is InChI=1S/C16H17I3O10/c1-6(22)29-14-12(18)9(15(25)27-4-7(23)2-20)11(17)10(13(14)19)16(26)28-5-8(24)3-21/h7-8,20-21,23-24H,2-5H2,1H3/t7-,8-/m0/s1. The van der Waals surface area contributed by atoms with Crippen LogP contribution in [-0.2, 0) is 14.3 Å². The molecule has 1 aromatic rings. The van der Waals surface area contributed by atoms with E-state index in [2.05, 4.69) is 0 Å². The lowest BCUT2D eigenvalue weighted by atomic mass is 10.1. The number of halogens is 3. The van der Waals surface area contributed by atoms with E-state index in [0.717, 1.165) is 6.92 Å². The maximum atomic E-state index is 12.6. The molecular formula is C16H17I3O10. The SMILES string of the molecule is CC(=O)Oc1c(I)c(C(=O)OC[C@@H](O)CO)c(I)c(C(=O)OC[C@@H](O)CO)c1I. The molecule has 2 atom stereocenters. The summed E-state index contributed by atoms with van der Waals surface area (Å²) in [7, 11) is 0. The fourth-order valence-electron chi connectivity index (χ4n) is 1.83. The summed E-state index contributed by atoms with van der Waals surface area (Å²) in [5.74, 6) is -2.57. The van der Waals surface area contributed by atoms with Gasteiger partial charge in [0.2, 0.25) is 0 Å². The van der Waals surface area contributed by atoms with Crippen molar-refractivity contribution in [3.8, 4) is 5.75 Å². The van der Waals surface area contributed by atoms with Gasteiger partial charge in [0.15, 0.2) is 5.75 Å². The van der Waals surface area contributed by atoms with Crippen molar-refractivity contribution in [1.29, 1.82) is 0 Å². The largest absolute Gasteiger partial charge is 0.459 e. The maximum Gasteiger partial charge on any atom is 0.340 e.